The fourth-order valence-electron chi connectivity index (χ4n) is 1.79. The summed E-state index contributed by atoms with van der Waals surface area (Å²) in [4.78, 5) is 0. The van der Waals surface area contributed by atoms with Gasteiger partial charge in [0.05, 0.1) is 0 Å². The highest BCUT2D eigenvalue weighted by Crippen LogP contribution is 2.18. The van der Waals surface area contributed by atoms with E-state index in [1.807, 2.05) is 31.2 Å². The van der Waals surface area contributed by atoms with Crippen molar-refractivity contribution < 1.29 is 14.2 Å². The summed E-state index contributed by atoms with van der Waals surface area (Å²) in [5, 5.41) is 8.68. The lowest BCUT2D eigenvalue weighted by Crippen LogP contribution is -1.96. The zero-order valence-corrected chi connectivity index (χ0v) is 11.2. The second kappa shape index (κ2) is 6.74. The van der Waals surface area contributed by atoms with Crippen LogP contribution in [0, 0.1) is 24.6 Å². The van der Waals surface area contributed by atoms with E-state index in [4.69, 9.17) is 9.84 Å². The van der Waals surface area contributed by atoms with Crippen molar-refractivity contribution in [3.05, 3.63) is 65.0 Å². The predicted octanol–water partition coefficient (Wildman–Crippen LogP) is 3.06. The normalized spacial score (nSPS) is 9.75. The SMILES string of the molecule is Cc1cc(OCc2cccc(F)c2)ccc1C#CCO. The molecule has 0 atom stereocenters. The number of aliphatic hydroxyl groups is 1. The van der Waals surface area contributed by atoms with Crippen LogP contribution in [0.2, 0.25) is 0 Å². The molecule has 1 N–H and O–H groups in total. The number of hydrogen-bond acceptors (Lipinski definition) is 2. The average molecular weight is 270 g/mol. The summed E-state index contributed by atoms with van der Waals surface area (Å²) < 4.78 is 18.7. The molecule has 0 unspecified atom stereocenters. The van der Waals surface area contributed by atoms with Crippen molar-refractivity contribution in [3.63, 3.8) is 0 Å². The van der Waals surface area contributed by atoms with Gasteiger partial charge in [-0.15, -0.1) is 0 Å². The Morgan fingerprint density at radius 3 is 2.75 bits per heavy atom. The van der Waals surface area contributed by atoms with Crippen LogP contribution in [-0.2, 0) is 6.61 Å². The van der Waals surface area contributed by atoms with Crippen molar-refractivity contribution in [2.45, 2.75) is 13.5 Å². The molecule has 2 aromatic carbocycles. The van der Waals surface area contributed by atoms with Crippen molar-refractivity contribution in [1.82, 2.24) is 0 Å². The summed E-state index contributed by atoms with van der Waals surface area (Å²) >= 11 is 0. The second-order valence-electron chi connectivity index (χ2n) is 4.36. The smallest absolute Gasteiger partial charge is 0.123 e. The highest BCUT2D eigenvalue weighted by atomic mass is 19.1. The molecule has 0 fully saturated rings. The van der Waals surface area contributed by atoms with E-state index in [1.54, 1.807) is 6.07 Å². The number of hydrogen-bond donors (Lipinski definition) is 1. The minimum atomic E-state index is -0.267. The first-order valence-corrected chi connectivity index (χ1v) is 6.26. The predicted molar refractivity (Wildman–Crippen MR) is 75.9 cm³/mol. The molecular weight excluding hydrogens is 255 g/mol. The quantitative estimate of drug-likeness (QED) is 0.869. The lowest BCUT2D eigenvalue weighted by molar-refractivity contribution is 0.305. The van der Waals surface area contributed by atoms with Crippen molar-refractivity contribution in [2.24, 2.45) is 0 Å². The van der Waals surface area contributed by atoms with Gasteiger partial charge in [-0.3, -0.25) is 0 Å². The summed E-state index contributed by atoms with van der Waals surface area (Å²) in [6.45, 7) is 2.09. The molecule has 20 heavy (non-hydrogen) atoms. The van der Waals surface area contributed by atoms with Crippen LogP contribution in [-0.4, -0.2) is 11.7 Å². The Kier molecular flexibility index (Phi) is 4.75. The molecule has 0 aliphatic heterocycles. The summed E-state index contributed by atoms with van der Waals surface area (Å²) in [6.07, 6.45) is 0. The zero-order valence-electron chi connectivity index (χ0n) is 11.2. The maximum atomic E-state index is 13.0. The van der Waals surface area contributed by atoms with Gasteiger partial charge in [0.25, 0.3) is 0 Å². The van der Waals surface area contributed by atoms with Crippen LogP contribution >= 0.6 is 0 Å². The maximum Gasteiger partial charge on any atom is 0.123 e. The number of benzene rings is 2. The summed E-state index contributed by atoms with van der Waals surface area (Å²) in [7, 11) is 0. The largest absolute Gasteiger partial charge is 0.489 e. The van der Waals surface area contributed by atoms with Gasteiger partial charge < -0.3 is 9.84 Å². The molecule has 0 spiro atoms. The lowest BCUT2D eigenvalue weighted by Gasteiger charge is -2.08. The molecule has 0 bridgehead atoms. The van der Waals surface area contributed by atoms with E-state index in [0.29, 0.717) is 12.4 Å². The van der Waals surface area contributed by atoms with Crippen LogP contribution in [0.15, 0.2) is 42.5 Å². The van der Waals surface area contributed by atoms with E-state index < -0.39 is 0 Å². The van der Waals surface area contributed by atoms with Gasteiger partial charge in [-0.05, 0) is 48.4 Å². The second-order valence-corrected chi connectivity index (χ2v) is 4.36. The Balaban J connectivity index is 2.05. The molecule has 3 heteroatoms. The van der Waals surface area contributed by atoms with Gasteiger partial charge in [0.15, 0.2) is 0 Å². The van der Waals surface area contributed by atoms with Crippen molar-refractivity contribution in [3.8, 4) is 17.6 Å². The molecule has 102 valence electrons. The third-order valence-electron chi connectivity index (χ3n) is 2.79. The van der Waals surface area contributed by atoms with E-state index in [2.05, 4.69) is 11.8 Å². The Morgan fingerprint density at radius 1 is 1.20 bits per heavy atom. The molecule has 0 heterocycles. The molecule has 0 aliphatic rings. The van der Waals surface area contributed by atoms with Crippen molar-refractivity contribution >= 4 is 0 Å². The van der Waals surface area contributed by atoms with Crippen LogP contribution in [0.3, 0.4) is 0 Å². The summed E-state index contributed by atoms with van der Waals surface area (Å²) in [5.41, 5.74) is 2.62. The Morgan fingerprint density at radius 2 is 2.05 bits per heavy atom. The molecule has 2 nitrogen and oxygen atoms in total. The van der Waals surface area contributed by atoms with E-state index in [0.717, 1.165) is 16.7 Å². The zero-order chi connectivity index (χ0) is 14.4. The fraction of sp³-hybridized carbons (Fsp3) is 0.176. The molecular formula is C17H15FO2. The van der Waals surface area contributed by atoms with Gasteiger partial charge in [0.1, 0.15) is 24.8 Å². The van der Waals surface area contributed by atoms with E-state index in [1.165, 1.54) is 12.1 Å². The Hall–Kier alpha value is -2.31. The topological polar surface area (TPSA) is 29.5 Å². The molecule has 0 saturated carbocycles. The standard InChI is InChI=1S/C17H15FO2/c1-13-10-17(8-7-15(13)5-3-9-19)20-12-14-4-2-6-16(18)11-14/h2,4,6-8,10-11,19H,9,12H2,1H3. The number of aliphatic hydroxyl groups excluding tert-OH is 1. The Bertz CT molecular complexity index is 654. The average Bonchev–Trinajstić information content (AvgIpc) is 2.44. The highest BCUT2D eigenvalue weighted by molar-refractivity contribution is 5.44. The van der Waals surface area contributed by atoms with Gasteiger partial charge in [-0.25, -0.2) is 4.39 Å². The molecule has 0 aliphatic carbocycles. The number of halogens is 1. The van der Waals surface area contributed by atoms with Gasteiger partial charge in [-0.1, -0.05) is 24.0 Å². The van der Waals surface area contributed by atoms with E-state index in [9.17, 15) is 4.39 Å². The van der Waals surface area contributed by atoms with Gasteiger partial charge in [-0.2, -0.15) is 0 Å². The third kappa shape index (κ3) is 3.84. The van der Waals surface area contributed by atoms with Crippen LogP contribution in [0.25, 0.3) is 0 Å². The van der Waals surface area contributed by atoms with Crippen molar-refractivity contribution in [1.29, 1.82) is 0 Å². The summed E-state index contributed by atoms with van der Waals surface area (Å²) in [6, 6.07) is 11.9. The highest BCUT2D eigenvalue weighted by Gasteiger charge is 2.00. The molecule has 0 radical (unpaired) electrons. The van der Waals surface area contributed by atoms with Crippen LogP contribution in [0.4, 0.5) is 4.39 Å². The molecule has 2 aromatic rings. The summed E-state index contributed by atoms with van der Waals surface area (Å²) in [5.74, 6) is 5.92. The van der Waals surface area contributed by atoms with Gasteiger partial charge in [0.2, 0.25) is 0 Å². The number of rotatable bonds is 3. The first-order chi connectivity index (χ1) is 9.69. The van der Waals surface area contributed by atoms with Gasteiger partial charge >= 0.3 is 0 Å². The van der Waals surface area contributed by atoms with Crippen LogP contribution in [0.1, 0.15) is 16.7 Å². The molecule has 0 amide bonds. The maximum absolute atomic E-state index is 13.0. The monoisotopic (exact) mass is 270 g/mol. The van der Waals surface area contributed by atoms with E-state index in [-0.39, 0.29) is 12.4 Å². The van der Waals surface area contributed by atoms with Crippen molar-refractivity contribution in [2.75, 3.05) is 6.61 Å². The van der Waals surface area contributed by atoms with Crippen LogP contribution < -0.4 is 4.74 Å². The third-order valence-corrected chi connectivity index (χ3v) is 2.79. The minimum Gasteiger partial charge on any atom is -0.489 e. The lowest BCUT2D eigenvalue weighted by atomic mass is 10.1. The molecule has 0 saturated heterocycles. The number of aryl methyl sites for hydroxylation is 1. The number of ether oxygens (including phenoxy) is 1. The van der Waals surface area contributed by atoms with E-state index >= 15 is 0 Å². The molecule has 0 aromatic heterocycles. The minimum absolute atomic E-state index is 0.155. The molecule has 2 rings (SSSR count). The fourth-order valence-corrected chi connectivity index (χ4v) is 1.79. The van der Waals surface area contributed by atoms with Crippen LogP contribution in [0.5, 0.6) is 5.75 Å². The van der Waals surface area contributed by atoms with Gasteiger partial charge in [0, 0.05) is 5.56 Å². The Labute approximate surface area is 117 Å². The first kappa shape index (κ1) is 14.1. The first-order valence-electron chi connectivity index (χ1n) is 6.26.